The molecule has 0 unspecified atom stereocenters. The summed E-state index contributed by atoms with van der Waals surface area (Å²) in [5.41, 5.74) is 0. The zero-order valence-electron chi connectivity index (χ0n) is 6.86. The largest absolute Gasteiger partial charge is 0.273 e. The first-order chi connectivity index (χ1) is 6.33. The second-order valence-corrected chi connectivity index (χ2v) is 3.31. The van der Waals surface area contributed by atoms with Crippen molar-refractivity contribution < 1.29 is 4.79 Å². The Kier molecular flexibility index (Phi) is 3.86. The van der Waals surface area contributed by atoms with Crippen molar-refractivity contribution >= 4 is 17.7 Å². The summed E-state index contributed by atoms with van der Waals surface area (Å²) in [7, 11) is 0. The maximum absolute atomic E-state index is 10.9. The first-order valence-corrected chi connectivity index (χ1v) is 4.67. The molecule has 0 aromatic heterocycles. The molecule has 1 amide bonds. The number of nitriles is 1. The minimum atomic E-state index is -0.267. The average Bonchev–Trinajstić information content (AvgIpc) is 2.17. The normalized spacial score (nSPS) is 8.85. The van der Waals surface area contributed by atoms with Gasteiger partial charge in [-0.3, -0.25) is 10.1 Å². The van der Waals surface area contributed by atoms with Gasteiger partial charge in [0.25, 0.3) is 0 Å². The monoisotopic (exact) mass is 192 g/mol. The Hall–Kier alpha value is -1.47. The van der Waals surface area contributed by atoms with E-state index in [4.69, 9.17) is 5.26 Å². The molecule has 1 N–H and O–H groups in total. The summed E-state index contributed by atoms with van der Waals surface area (Å²) < 4.78 is 0. The zero-order chi connectivity index (χ0) is 9.52. The lowest BCUT2D eigenvalue weighted by molar-refractivity contribution is -0.117. The highest BCUT2D eigenvalue weighted by Gasteiger charge is 2.00. The molecular formula is C9H8N2OS. The number of nitrogens with zero attached hydrogens (tertiary/aromatic N) is 1. The number of carbonyl (C=O) groups excluding carboxylic acids is 1. The smallest absolute Gasteiger partial charge is 0.243 e. The molecule has 1 aromatic carbocycles. The van der Waals surface area contributed by atoms with Crippen LogP contribution in [0.15, 0.2) is 35.2 Å². The Morgan fingerprint density at radius 3 is 2.77 bits per heavy atom. The first-order valence-electron chi connectivity index (χ1n) is 3.68. The third-order valence-electron chi connectivity index (χ3n) is 1.31. The Morgan fingerprint density at radius 1 is 1.46 bits per heavy atom. The van der Waals surface area contributed by atoms with Gasteiger partial charge in [0.1, 0.15) is 0 Å². The van der Waals surface area contributed by atoms with Gasteiger partial charge in [-0.15, -0.1) is 11.8 Å². The lowest BCUT2D eigenvalue weighted by atomic mass is 10.4. The Balaban J connectivity index is 2.36. The summed E-state index contributed by atoms with van der Waals surface area (Å²) in [6.45, 7) is 0. The van der Waals surface area contributed by atoms with E-state index >= 15 is 0 Å². The van der Waals surface area contributed by atoms with Crippen molar-refractivity contribution in [2.45, 2.75) is 4.90 Å². The summed E-state index contributed by atoms with van der Waals surface area (Å²) in [4.78, 5) is 11.9. The van der Waals surface area contributed by atoms with E-state index in [0.717, 1.165) is 4.90 Å². The molecule has 0 bridgehead atoms. The highest BCUT2D eigenvalue weighted by molar-refractivity contribution is 8.00. The van der Waals surface area contributed by atoms with Crippen molar-refractivity contribution in [1.82, 2.24) is 5.32 Å². The zero-order valence-corrected chi connectivity index (χ0v) is 7.67. The number of amides is 1. The lowest BCUT2D eigenvalue weighted by Gasteiger charge is -1.97. The molecule has 66 valence electrons. The maximum Gasteiger partial charge on any atom is 0.243 e. The highest BCUT2D eigenvalue weighted by Crippen LogP contribution is 2.15. The van der Waals surface area contributed by atoms with Gasteiger partial charge in [-0.25, -0.2) is 0 Å². The van der Waals surface area contributed by atoms with Crippen LogP contribution in [0.4, 0.5) is 0 Å². The van der Waals surface area contributed by atoms with E-state index < -0.39 is 0 Å². The molecule has 1 aromatic rings. The van der Waals surface area contributed by atoms with Gasteiger partial charge >= 0.3 is 0 Å². The van der Waals surface area contributed by atoms with Gasteiger partial charge in [0.15, 0.2) is 6.19 Å². The van der Waals surface area contributed by atoms with Crippen molar-refractivity contribution in [1.29, 1.82) is 5.26 Å². The molecule has 0 saturated heterocycles. The van der Waals surface area contributed by atoms with E-state index in [-0.39, 0.29) is 11.7 Å². The maximum atomic E-state index is 10.9. The fraction of sp³-hybridized carbons (Fsp3) is 0.111. The number of thioether (sulfide) groups is 1. The molecule has 0 spiro atoms. The number of nitrogens with one attached hydrogen (secondary N) is 1. The minimum Gasteiger partial charge on any atom is -0.273 e. The first kappa shape index (κ1) is 9.62. The molecule has 0 saturated carbocycles. The summed E-state index contributed by atoms with van der Waals surface area (Å²) in [6.07, 6.45) is 1.59. The summed E-state index contributed by atoms with van der Waals surface area (Å²) >= 11 is 1.41. The predicted molar refractivity (Wildman–Crippen MR) is 50.9 cm³/mol. The third-order valence-corrected chi connectivity index (χ3v) is 2.32. The van der Waals surface area contributed by atoms with Gasteiger partial charge in [0.05, 0.1) is 5.75 Å². The van der Waals surface area contributed by atoms with E-state index in [1.165, 1.54) is 11.8 Å². The summed E-state index contributed by atoms with van der Waals surface area (Å²) in [5, 5.41) is 10.2. The topological polar surface area (TPSA) is 52.9 Å². The van der Waals surface area contributed by atoms with Crippen LogP contribution >= 0.6 is 11.8 Å². The van der Waals surface area contributed by atoms with E-state index in [9.17, 15) is 4.79 Å². The summed E-state index contributed by atoms with van der Waals surface area (Å²) in [5.74, 6) is 0.00810. The molecular weight excluding hydrogens is 184 g/mol. The van der Waals surface area contributed by atoms with E-state index in [1.54, 1.807) is 6.19 Å². The van der Waals surface area contributed by atoms with Crippen LogP contribution in [0.2, 0.25) is 0 Å². The van der Waals surface area contributed by atoms with Gasteiger partial charge in [-0.05, 0) is 12.1 Å². The fourth-order valence-corrected chi connectivity index (χ4v) is 1.48. The Morgan fingerprint density at radius 2 is 2.15 bits per heavy atom. The minimum absolute atomic E-state index is 0.267. The van der Waals surface area contributed by atoms with E-state index in [2.05, 4.69) is 5.32 Å². The van der Waals surface area contributed by atoms with Crippen LogP contribution in [-0.2, 0) is 4.79 Å². The molecule has 13 heavy (non-hydrogen) atoms. The van der Waals surface area contributed by atoms with Crippen LogP contribution in [0.1, 0.15) is 0 Å². The number of hydrogen-bond acceptors (Lipinski definition) is 3. The lowest BCUT2D eigenvalue weighted by Crippen LogP contribution is -2.19. The van der Waals surface area contributed by atoms with Crippen LogP contribution in [0, 0.1) is 11.5 Å². The van der Waals surface area contributed by atoms with Gasteiger partial charge < -0.3 is 0 Å². The number of rotatable bonds is 3. The van der Waals surface area contributed by atoms with Crippen molar-refractivity contribution in [2.24, 2.45) is 0 Å². The molecule has 3 nitrogen and oxygen atoms in total. The predicted octanol–water partition coefficient (Wildman–Crippen LogP) is 1.38. The third kappa shape index (κ3) is 3.63. The molecule has 0 radical (unpaired) electrons. The highest BCUT2D eigenvalue weighted by atomic mass is 32.2. The van der Waals surface area contributed by atoms with Crippen LogP contribution in [-0.4, -0.2) is 11.7 Å². The van der Waals surface area contributed by atoms with E-state index in [1.807, 2.05) is 30.3 Å². The SMILES string of the molecule is N#CNC(=O)CSc1ccccc1. The molecule has 0 heterocycles. The Labute approximate surface area is 80.8 Å². The van der Waals surface area contributed by atoms with Crippen molar-refractivity contribution in [3.8, 4) is 6.19 Å². The Bertz CT molecular complexity index is 318. The molecule has 4 heteroatoms. The molecule has 0 aliphatic carbocycles. The van der Waals surface area contributed by atoms with Crippen LogP contribution in [0.3, 0.4) is 0 Å². The van der Waals surface area contributed by atoms with Gasteiger partial charge in [0.2, 0.25) is 5.91 Å². The number of carbonyl (C=O) groups is 1. The van der Waals surface area contributed by atoms with Crippen LogP contribution < -0.4 is 5.32 Å². The molecule has 0 atom stereocenters. The van der Waals surface area contributed by atoms with Crippen LogP contribution in [0.5, 0.6) is 0 Å². The standard InChI is InChI=1S/C9H8N2OS/c10-7-11-9(12)6-13-8-4-2-1-3-5-8/h1-5H,6H2,(H,11,12). The molecule has 1 rings (SSSR count). The summed E-state index contributed by atoms with van der Waals surface area (Å²) in [6, 6.07) is 9.57. The number of hydrogen-bond donors (Lipinski definition) is 1. The molecule has 0 aliphatic heterocycles. The van der Waals surface area contributed by atoms with Crippen molar-refractivity contribution in [3.05, 3.63) is 30.3 Å². The number of benzene rings is 1. The van der Waals surface area contributed by atoms with Gasteiger partial charge in [0, 0.05) is 4.90 Å². The van der Waals surface area contributed by atoms with Gasteiger partial charge in [-0.2, -0.15) is 5.26 Å². The quantitative estimate of drug-likeness (QED) is 0.447. The van der Waals surface area contributed by atoms with Crippen LogP contribution in [0.25, 0.3) is 0 Å². The average molecular weight is 192 g/mol. The van der Waals surface area contributed by atoms with Gasteiger partial charge in [-0.1, -0.05) is 18.2 Å². The van der Waals surface area contributed by atoms with Crippen molar-refractivity contribution in [2.75, 3.05) is 5.75 Å². The van der Waals surface area contributed by atoms with E-state index in [0.29, 0.717) is 0 Å². The second kappa shape index (κ2) is 5.22. The second-order valence-electron chi connectivity index (χ2n) is 2.26. The van der Waals surface area contributed by atoms with Crippen molar-refractivity contribution in [3.63, 3.8) is 0 Å². The fourth-order valence-electron chi connectivity index (χ4n) is 0.764. The molecule has 0 aliphatic rings. The molecule has 0 fully saturated rings.